The van der Waals surface area contributed by atoms with Crippen LogP contribution in [0.15, 0.2) is 33.7 Å². The minimum Gasteiger partial charge on any atom is -0.353 e. The monoisotopic (exact) mass is 465 g/mol. The largest absolute Gasteiger partial charge is 0.353 e. The third kappa shape index (κ3) is 6.14. The second kappa shape index (κ2) is 7.81. The molecule has 0 saturated heterocycles. The summed E-state index contributed by atoms with van der Waals surface area (Å²) in [6.07, 6.45) is 1.18. The normalized spacial score (nSPS) is 21.5. The summed E-state index contributed by atoms with van der Waals surface area (Å²) in [5.41, 5.74) is 1.43. The van der Waals surface area contributed by atoms with Crippen molar-refractivity contribution in [2.45, 2.75) is 51.6 Å². The summed E-state index contributed by atoms with van der Waals surface area (Å²) in [5, 5.41) is 6.98. The Morgan fingerprint density at radius 2 is 1.90 bits per heavy atom. The molecule has 1 aliphatic carbocycles. The molecular formula is C16H25BrIN3. The van der Waals surface area contributed by atoms with Crippen LogP contribution in [0.4, 0.5) is 0 Å². The lowest BCUT2D eigenvalue weighted by Gasteiger charge is -2.24. The standard InChI is InChI=1S/C16H24BrN3.HI/c1-5-18-15(20-16(2,3)4)19-14-10-13(14)11-6-8-12(17)9-7-11;/h6-9,13-14H,5,10H2,1-4H3,(H2,18,19,20);1H. The average Bonchev–Trinajstić information content (AvgIpc) is 3.07. The number of aliphatic imine (C=N–C) groups is 1. The van der Waals surface area contributed by atoms with Crippen LogP contribution in [0, 0.1) is 0 Å². The van der Waals surface area contributed by atoms with E-state index in [1.54, 1.807) is 0 Å². The molecule has 0 aromatic heterocycles. The Balaban J connectivity index is 0.00000220. The van der Waals surface area contributed by atoms with Crippen LogP contribution in [-0.4, -0.2) is 24.1 Å². The van der Waals surface area contributed by atoms with E-state index in [4.69, 9.17) is 0 Å². The zero-order chi connectivity index (χ0) is 14.8. The smallest absolute Gasteiger partial charge is 0.191 e. The topological polar surface area (TPSA) is 36.4 Å². The molecule has 2 N–H and O–H groups in total. The minimum absolute atomic E-state index is 0. The molecule has 1 aromatic carbocycles. The van der Waals surface area contributed by atoms with Crippen molar-refractivity contribution < 1.29 is 0 Å². The molecule has 3 nitrogen and oxygen atoms in total. The summed E-state index contributed by atoms with van der Waals surface area (Å²) in [4.78, 5) is 4.52. The fourth-order valence-corrected chi connectivity index (χ4v) is 2.51. The average molecular weight is 466 g/mol. The van der Waals surface area contributed by atoms with Crippen LogP contribution in [0.1, 0.15) is 45.6 Å². The number of nitrogens with zero attached hydrogens (tertiary/aromatic N) is 1. The van der Waals surface area contributed by atoms with E-state index >= 15 is 0 Å². The van der Waals surface area contributed by atoms with Crippen molar-refractivity contribution in [3.63, 3.8) is 0 Å². The third-order valence-corrected chi connectivity index (χ3v) is 3.75. The zero-order valence-electron chi connectivity index (χ0n) is 13.1. The van der Waals surface area contributed by atoms with Gasteiger partial charge in [0.1, 0.15) is 0 Å². The molecule has 0 radical (unpaired) electrons. The van der Waals surface area contributed by atoms with Gasteiger partial charge in [-0.25, -0.2) is 0 Å². The zero-order valence-corrected chi connectivity index (χ0v) is 17.0. The van der Waals surface area contributed by atoms with Crippen LogP contribution in [0.2, 0.25) is 0 Å². The van der Waals surface area contributed by atoms with Crippen LogP contribution in [0.25, 0.3) is 0 Å². The third-order valence-electron chi connectivity index (χ3n) is 3.22. The summed E-state index contributed by atoms with van der Waals surface area (Å²) < 4.78 is 1.13. The Kier molecular flexibility index (Phi) is 6.97. The number of halogens is 2. The molecule has 118 valence electrons. The molecule has 0 heterocycles. The van der Waals surface area contributed by atoms with Gasteiger partial charge in [-0.15, -0.1) is 24.0 Å². The first-order valence-electron chi connectivity index (χ1n) is 7.23. The fourth-order valence-electron chi connectivity index (χ4n) is 2.24. The molecule has 5 heteroatoms. The van der Waals surface area contributed by atoms with Gasteiger partial charge >= 0.3 is 0 Å². The maximum Gasteiger partial charge on any atom is 0.191 e. The van der Waals surface area contributed by atoms with E-state index in [0.717, 1.165) is 17.0 Å². The van der Waals surface area contributed by atoms with Crippen molar-refractivity contribution in [1.29, 1.82) is 0 Å². The Hall–Kier alpha value is -0.300. The quantitative estimate of drug-likeness (QED) is 0.397. The van der Waals surface area contributed by atoms with E-state index in [9.17, 15) is 0 Å². The van der Waals surface area contributed by atoms with Crippen LogP contribution in [0.3, 0.4) is 0 Å². The molecule has 1 saturated carbocycles. The highest BCUT2D eigenvalue weighted by molar-refractivity contribution is 14.0. The first-order chi connectivity index (χ1) is 9.39. The summed E-state index contributed by atoms with van der Waals surface area (Å²) in [6.45, 7) is 9.31. The first kappa shape index (κ1) is 18.7. The van der Waals surface area contributed by atoms with Crippen molar-refractivity contribution in [3.8, 4) is 0 Å². The number of hydrogen-bond donors (Lipinski definition) is 2. The lowest BCUT2D eigenvalue weighted by molar-refractivity contribution is 0.500. The highest BCUT2D eigenvalue weighted by Gasteiger charge is 2.39. The maximum absolute atomic E-state index is 4.52. The Labute approximate surface area is 153 Å². The first-order valence-corrected chi connectivity index (χ1v) is 8.03. The Morgan fingerprint density at radius 1 is 1.29 bits per heavy atom. The van der Waals surface area contributed by atoms with Crippen LogP contribution in [0.5, 0.6) is 0 Å². The molecule has 2 atom stereocenters. The van der Waals surface area contributed by atoms with Gasteiger partial charge in [0, 0.05) is 28.5 Å². The number of hydrogen-bond acceptors (Lipinski definition) is 1. The van der Waals surface area contributed by atoms with Crippen LogP contribution >= 0.6 is 39.9 Å². The molecule has 0 aliphatic heterocycles. The molecule has 0 bridgehead atoms. The Bertz CT molecular complexity index is 479. The molecule has 0 spiro atoms. The minimum atomic E-state index is 0. The van der Waals surface area contributed by atoms with Crippen molar-refractivity contribution in [1.82, 2.24) is 10.6 Å². The van der Waals surface area contributed by atoms with Crippen molar-refractivity contribution >= 4 is 45.9 Å². The molecule has 1 fully saturated rings. The van der Waals surface area contributed by atoms with Crippen molar-refractivity contribution in [2.24, 2.45) is 4.99 Å². The van der Waals surface area contributed by atoms with E-state index in [1.807, 2.05) is 0 Å². The van der Waals surface area contributed by atoms with Gasteiger partial charge in [0.25, 0.3) is 0 Å². The fraction of sp³-hybridized carbons (Fsp3) is 0.562. The summed E-state index contributed by atoms with van der Waals surface area (Å²) in [7, 11) is 0. The van der Waals surface area contributed by atoms with Crippen LogP contribution < -0.4 is 10.6 Å². The number of benzene rings is 1. The molecular weight excluding hydrogens is 441 g/mol. The van der Waals surface area contributed by atoms with E-state index in [1.165, 1.54) is 12.0 Å². The van der Waals surface area contributed by atoms with Gasteiger partial charge in [0.2, 0.25) is 0 Å². The van der Waals surface area contributed by atoms with Gasteiger partial charge in [0.05, 0.1) is 0 Å². The lowest BCUT2D eigenvalue weighted by Crippen LogP contribution is -2.48. The SMILES string of the molecule is CCN=C(NC1CC1c1ccc(Br)cc1)NC(C)(C)C.I. The lowest BCUT2D eigenvalue weighted by atomic mass is 10.1. The molecule has 0 amide bonds. The molecule has 2 rings (SSSR count). The van der Waals surface area contributed by atoms with E-state index < -0.39 is 0 Å². The van der Waals surface area contributed by atoms with Crippen molar-refractivity contribution in [3.05, 3.63) is 34.3 Å². The van der Waals surface area contributed by atoms with Gasteiger partial charge in [-0.1, -0.05) is 28.1 Å². The number of rotatable bonds is 3. The van der Waals surface area contributed by atoms with Gasteiger partial charge < -0.3 is 10.6 Å². The Morgan fingerprint density at radius 3 is 2.43 bits per heavy atom. The number of guanidine groups is 1. The number of nitrogens with one attached hydrogen (secondary N) is 2. The molecule has 2 unspecified atom stereocenters. The highest BCUT2D eigenvalue weighted by Crippen LogP contribution is 2.41. The van der Waals surface area contributed by atoms with Gasteiger partial charge in [-0.2, -0.15) is 0 Å². The molecule has 21 heavy (non-hydrogen) atoms. The summed E-state index contributed by atoms with van der Waals surface area (Å²) in [5.74, 6) is 1.52. The van der Waals surface area contributed by atoms with Crippen LogP contribution in [-0.2, 0) is 0 Å². The van der Waals surface area contributed by atoms with E-state index in [-0.39, 0.29) is 29.5 Å². The van der Waals surface area contributed by atoms with E-state index in [2.05, 4.69) is 83.5 Å². The van der Waals surface area contributed by atoms with Gasteiger partial charge in [-0.05, 0) is 51.8 Å². The summed E-state index contributed by atoms with van der Waals surface area (Å²) >= 11 is 3.48. The predicted molar refractivity (Wildman–Crippen MR) is 105 cm³/mol. The summed E-state index contributed by atoms with van der Waals surface area (Å²) in [6, 6.07) is 9.11. The van der Waals surface area contributed by atoms with Gasteiger partial charge in [0.15, 0.2) is 5.96 Å². The van der Waals surface area contributed by atoms with Crippen molar-refractivity contribution in [2.75, 3.05) is 6.54 Å². The molecule has 1 aliphatic rings. The second-order valence-corrected chi connectivity index (χ2v) is 7.26. The van der Waals surface area contributed by atoms with Gasteiger partial charge in [-0.3, -0.25) is 4.99 Å². The second-order valence-electron chi connectivity index (χ2n) is 6.34. The maximum atomic E-state index is 4.52. The molecule has 1 aromatic rings. The predicted octanol–water partition coefficient (Wildman–Crippen LogP) is 4.28. The highest BCUT2D eigenvalue weighted by atomic mass is 127. The van der Waals surface area contributed by atoms with E-state index in [0.29, 0.717) is 12.0 Å².